The van der Waals surface area contributed by atoms with Crippen molar-refractivity contribution in [2.45, 2.75) is 27.7 Å². The first-order chi connectivity index (χ1) is 6.47. The molecule has 13 heavy (non-hydrogen) atoms. The smallest absolute Gasteiger partial charge is 0.159 e. The number of hydrogen-bond donors (Lipinski definition) is 1. The minimum Gasteiger partial charge on any atom is -0.345 e. The number of H-pyrrole nitrogens is 1. The Morgan fingerprint density at radius 2 is 1.77 bits per heavy atom. The van der Waals surface area contributed by atoms with Gasteiger partial charge in [0.1, 0.15) is 0 Å². The Labute approximate surface area is 79.2 Å². The zero-order chi connectivity index (χ0) is 10.1. The summed E-state index contributed by atoms with van der Waals surface area (Å²) >= 11 is 0. The van der Waals surface area contributed by atoms with E-state index >= 15 is 0 Å². The normalized spacial score (nSPS) is 8.00. The van der Waals surface area contributed by atoms with Crippen molar-refractivity contribution in [2.24, 2.45) is 0 Å². The van der Waals surface area contributed by atoms with Gasteiger partial charge in [0.05, 0.1) is 6.20 Å². The first-order valence-corrected chi connectivity index (χ1v) is 4.71. The molecule has 0 saturated carbocycles. The standard InChI is InChI=1S/C6H5N3.2C2H6/c1-3-7-6-5(1)2-4-8-9-6;2*1-2/h1-4H,(H,7,9);2*1-2H3. The maximum absolute atomic E-state index is 3.84. The van der Waals surface area contributed by atoms with Gasteiger partial charge in [-0.3, -0.25) is 0 Å². The van der Waals surface area contributed by atoms with Gasteiger partial charge in [0.25, 0.3) is 0 Å². The number of nitrogens with one attached hydrogen (secondary N) is 1. The highest BCUT2D eigenvalue weighted by Gasteiger charge is 1.89. The van der Waals surface area contributed by atoms with Crippen LogP contribution in [0.25, 0.3) is 11.0 Å². The summed E-state index contributed by atoms with van der Waals surface area (Å²) in [5.74, 6) is 0. The quantitative estimate of drug-likeness (QED) is 0.675. The number of aromatic nitrogens is 3. The molecule has 72 valence electrons. The van der Waals surface area contributed by atoms with E-state index in [0.29, 0.717) is 0 Å². The summed E-state index contributed by atoms with van der Waals surface area (Å²) in [5, 5.41) is 8.64. The lowest BCUT2D eigenvalue weighted by Gasteiger charge is -1.81. The second kappa shape index (κ2) is 7.28. The molecule has 0 unspecified atom stereocenters. The van der Waals surface area contributed by atoms with Crippen LogP contribution in [0.2, 0.25) is 0 Å². The molecule has 0 saturated heterocycles. The molecule has 0 bridgehead atoms. The molecule has 0 aromatic carbocycles. The third-order valence-corrected chi connectivity index (χ3v) is 1.23. The molecule has 2 aromatic heterocycles. The van der Waals surface area contributed by atoms with Crippen LogP contribution in [0.15, 0.2) is 24.5 Å². The number of nitrogens with zero attached hydrogens (tertiary/aromatic N) is 2. The predicted molar refractivity (Wildman–Crippen MR) is 56.6 cm³/mol. The molecule has 2 rings (SSSR count). The van der Waals surface area contributed by atoms with Crippen molar-refractivity contribution >= 4 is 11.0 Å². The van der Waals surface area contributed by atoms with Crippen LogP contribution in [-0.2, 0) is 0 Å². The summed E-state index contributed by atoms with van der Waals surface area (Å²) in [5.41, 5.74) is 0.845. The van der Waals surface area contributed by atoms with Crippen LogP contribution in [0.5, 0.6) is 0 Å². The molecule has 0 amide bonds. The fourth-order valence-electron chi connectivity index (χ4n) is 0.798. The second-order valence-corrected chi connectivity index (χ2v) is 1.81. The van der Waals surface area contributed by atoms with E-state index in [9.17, 15) is 0 Å². The van der Waals surface area contributed by atoms with E-state index in [1.165, 1.54) is 0 Å². The molecular weight excluding hydrogens is 162 g/mol. The van der Waals surface area contributed by atoms with Gasteiger partial charge in [-0.2, -0.15) is 5.10 Å². The molecule has 0 spiro atoms. The molecule has 0 aliphatic heterocycles. The predicted octanol–water partition coefficient (Wildman–Crippen LogP) is 3.01. The summed E-state index contributed by atoms with van der Waals surface area (Å²) in [7, 11) is 0. The summed E-state index contributed by atoms with van der Waals surface area (Å²) in [6.45, 7) is 8.00. The Hall–Kier alpha value is -1.38. The first kappa shape index (κ1) is 11.6. The van der Waals surface area contributed by atoms with Gasteiger partial charge in [-0.25, -0.2) is 0 Å². The van der Waals surface area contributed by atoms with Crippen LogP contribution in [-0.4, -0.2) is 15.2 Å². The summed E-state index contributed by atoms with van der Waals surface area (Å²) in [4.78, 5) is 2.95. The Morgan fingerprint density at radius 1 is 1.08 bits per heavy atom. The van der Waals surface area contributed by atoms with Crippen LogP contribution in [0.1, 0.15) is 27.7 Å². The van der Waals surface area contributed by atoms with Crippen LogP contribution >= 0.6 is 0 Å². The monoisotopic (exact) mass is 179 g/mol. The molecule has 0 aliphatic carbocycles. The van der Waals surface area contributed by atoms with Crippen LogP contribution in [0.3, 0.4) is 0 Å². The van der Waals surface area contributed by atoms with Gasteiger partial charge in [-0.15, -0.1) is 5.10 Å². The van der Waals surface area contributed by atoms with Crippen molar-refractivity contribution in [2.75, 3.05) is 0 Å². The summed E-state index contributed by atoms with van der Waals surface area (Å²) < 4.78 is 0. The number of hydrogen-bond acceptors (Lipinski definition) is 2. The van der Waals surface area contributed by atoms with Gasteiger partial charge in [0.2, 0.25) is 0 Å². The number of rotatable bonds is 0. The number of aromatic amines is 1. The van der Waals surface area contributed by atoms with Gasteiger partial charge in [-0.05, 0) is 12.1 Å². The Bertz CT molecular complexity index is 284. The maximum atomic E-state index is 3.84. The topological polar surface area (TPSA) is 41.6 Å². The average Bonchev–Trinajstić information content (AvgIpc) is 2.71. The highest BCUT2D eigenvalue weighted by Crippen LogP contribution is 2.04. The van der Waals surface area contributed by atoms with E-state index in [2.05, 4.69) is 15.2 Å². The van der Waals surface area contributed by atoms with E-state index in [0.717, 1.165) is 11.0 Å². The molecule has 3 nitrogen and oxygen atoms in total. The largest absolute Gasteiger partial charge is 0.345 e. The molecule has 2 aromatic rings. The highest BCUT2D eigenvalue weighted by atomic mass is 15.1. The fourth-order valence-corrected chi connectivity index (χ4v) is 0.798. The molecular formula is C10H17N3. The molecule has 0 radical (unpaired) electrons. The summed E-state index contributed by atoms with van der Waals surface area (Å²) in [6.07, 6.45) is 3.52. The van der Waals surface area contributed by atoms with Gasteiger partial charge in [0, 0.05) is 11.6 Å². The van der Waals surface area contributed by atoms with Crippen molar-refractivity contribution in [3.05, 3.63) is 24.5 Å². The first-order valence-electron chi connectivity index (χ1n) is 4.71. The van der Waals surface area contributed by atoms with Crippen LogP contribution in [0.4, 0.5) is 0 Å². The van der Waals surface area contributed by atoms with Crippen molar-refractivity contribution < 1.29 is 0 Å². The molecule has 2 heterocycles. The summed E-state index contributed by atoms with van der Waals surface area (Å²) in [6, 6.07) is 3.88. The highest BCUT2D eigenvalue weighted by molar-refractivity contribution is 5.73. The number of fused-ring (bicyclic) bond motifs is 1. The van der Waals surface area contributed by atoms with Crippen molar-refractivity contribution in [1.82, 2.24) is 15.2 Å². The van der Waals surface area contributed by atoms with Crippen LogP contribution in [0, 0.1) is 0 Å². The zero-order valence-electron chi connectivity index (χ0n) is 8.70. The lowest BCUT2D eigenvalue weighted by molar-refractivity contribution is 1.06. The van der Waals surface area contributed by atoms with Gasteiger partial charge in [0.15, 0.2) is 5.65 Å². The average molecular weight is 179 g/mol. The lowest BCUT2D eigenvalue weighted by atomic mass is 10.4. The minimum atomic E-state index is 0.845. The van der Waals surface area contributed by atoms with E-state index in [1.807, 2.05) is 46.0 Å². The van der Waals surface area contributed by atoms with E-state index in [1.54, 1.807) is 6.20 Å². The zero-order valence-corrected chi connectivity index (χ0v) is 8.70. The lowest BCUT2D eigenvalue weighted by Crippen LogP contribution is -1.77. The van der Waals surface area contributed by atoms with E-state index < -0.39 is 0 Å². The Balaban J connectivity index is 0.000000322. The molecule has 3 heteroatoms. The SMILES string of the molecule is CC.CC.c1cc2cc[nH]c2nn1. The van der Waals surface area contributed by atoms with Crippen molar-refractivity contribution in [3.63, 3.8) is 0 Å². The minimum absolute atomic E-state index is 0.845. The Kier molecular flexibility index (Phi) is 6.51. The molecule has 1 N–H and O–H groups in total. The van der Waals surface area contributed by atoms with E-state index in [-0.39, 0.29) is 0 Å². The van der Waals surface area contributed by atoms with Gasteiger partial charge < -0.3 is 4.98 Å². The second-order valence-electron chi connectivity index (χ2n) is 1.81. The third kappa shape index (κ3) is 3.23. The van der Waals surface area contributed by atoms with Gasteiger partial charge in [-0.1, -0.05) is 27.7 Å². The maximum Gasteiger partial charge on any atom is 0.159 e. The van der Waals surface area contributed by atoms with Crippen LogP contribution < -0.4 is 0 Å². The fraction of sp³-hybridized carbons (Fsp3) is 0.400. The molecule has 0 atom stereocenters. The van der Waals surface area contributed by atoms with Crippen molar-refractivity contribution in [1.29, 1.82) is 0 Å². The third-order valence-electron chi connectivity index (χ3n) is 1.23. The Morgan fingerprint density at radius 3 is 2.38 bits per heavy atom. The van der Waals surface area contributed by atoms with E-state index in [4.69, 9.17) is 0 Å². The van der Waals surface area contributed by atoms with Crippen molar-refractivity contribution in [3.8, 4) is 0 Å². The molecule has 0 fully saturated rings. The van der Waals surface area contributed by atoms with Gasteiger partial charge >= 0.3 is 0 Å². The molecule has 0 aliphatic rings.